The highest BCUT2D eigenvalue weighted by Gasteiger charge is 2.19. The molecule has 1 aliphatic heterocycles. The topological polar surface area (TPSA) is 87.2 Å². The maximum atomic E-state index is 13.0. The molecule has 0 radical (unpaired) electrons. The number of nitrogens with zero attached hydrogens (tertiary/aromatic N) is 2. The molecule has 2 aromatic rings. The van der Waals surface area contributed by atoms with Crippen LogP contribution in [0, 0.1) is 4.77 Å². The van der Waals surface area contributed by atoms with Crippen molar-refractivity contribution in [3.8, 4) is 0 Å². The third-order valence-electron chi connectivity index (χ3n) is 6.34. The molecule has 0 atom stereocenters. The highest BCUT2D eigenvalue weighted by molar-refractivity contribution is 7.71. The summed E-state index contributed by atoms with van der Waals surface area (Å²) in [7, 11) is 0. The van der Waals surface area contributed by atoms with Crippen LogP contribution in [0.15, 0.2) is 34.6 Å². The van der Waals surface area contributed by atoms with Crippen LogP contribution in [0.1, 0.15) is 61.7 Å². The fraction of sp³-hybridized carbons (Fsp3) is 0.500. The minimum absolute atomic E-state index is 0.151. The summed E-state index contributed by atoms with van der Waals surface area (Å²) in [4.78, 5) is 42.2. The molecule has 2 heterocycles. The number of carbonyl (C=O) groups excluding carboxylic acids is 2. The summed E-state index contributed by atoms with van der Waals surface area (Å²) in [6.45, 7) is 2.49. The van der Waals surface area contributed by atoms with Crippen molar-refractivity contribution in [2.45, 2.75) is 57.9 Å². The molecule has 7 nitrogen and oxygen atoms in total. The van der Waals surface area contributed by atoms with E-state index in [9.17, 15) is 14.4 Å². The molecular formula is C24H30N4O3S. The van der Waals surface area contributed by atoms with Crippen molar-refractivity contribution >= 4 is 34.9 Å². The van der Waals surface area contributed by atoms with Crippen LogP contribution in [-0.4, -0.2) is 45.9 Å². The summed E-state index contributed by atoms with van der Waals surface area (Å²) >= 11 is 5.41. The Labute approximate surface area is 192 Å². The molecule has 1 aliphatic carbocycles. The van der Waals surface area contributed by atoms with Gasteiger partial charge in [-0.15, -0.1) is 0 Å². The number of allylic oxidation sites excluding steroid dienone is 1. The predicted octanol–water partition coefficient (Wildman–Crippen LogP) is 3.69. The van der Waals surface area contributed by atoms with Gasteiger partial charge in [-0.2, -0.15) is 0 Å². The minimum atomic E-state index is -0.173. The van der Waals surface area contributed by atoms with E-state index in [1.165, 1.54) is 23.0 Å². The molecule has 0 unspecified atom stereocenters. The first-order valence-electron chi connectivity index (χ1n) is 11.5. The lowest BCUT2D eigenvalue weighted by Crippen LogP contribution is -2.29. The second kappa shape index (κ2) is 10.3. The highest BCUT2D eigenvalue weighted by Crippen LogP contribution is 2.19. The molecule has 170 valence electrons. The Morgan fingerprint density at radius 2 is 2.00 bits per heavy atom. The average molecular weight is 455 g/mol. The van der Waals surface area contributed by atoms with Crippen LogP contribution >= 0.6 is 12.2 Å². The van der Waals surface area contributed by atoms with Gasteiger partial charge < -0.3 is 15.2 Å². The lowest BCUT2D eigenvalue weighted by Gasteiger charge is -2.16. The van der Waals surface area contributed by atoms with E-state index in [0.717, 1.165) is 32.2 Å². The molecular weight excluding hydrogens is 424 g/mol. The van der Waals surface area contributed by atoms with Gasteiger partial charge >= 0.3 is 0 Å². The predicted molar refractivity (Wildman–Crippen MR) is 127 cm³/mol. The number of amides is 2. The van der Waals surface area contributed by atoms with E-state index in [2.05, 4.69) is 16.4 Å². The van der Waals surface area contributed by atoms with Crippen molar-refractivity contribution in [2.24, 2.45) is 0 Å². The van der Waals surface area contributed by atoms with Gasteiger partial charge in [0, 0.05) is 38.2 Å². The Bertz CT molecular complexity index is 1160. The molecule has 1 aromatic carbocycles. The number of nitrogens with one attached hydrogen (secondary N) is 2. The van der Waals surface area contributed by atoms with Crippen LogP contribution in [-0.2, 0) is 11.3 Å². The summed E-state index contributed by atoms with van der Waals surface area (Å²) in [6, 6.07) is 5.06. The van der Waals surface area contributed by atoms with Crippen LogP contribution in [0.25, 0.3) is 10.9 Å². The monoisotopic (exact) mass is 454 g/mol. The van der Waals surface area contributed by atoms with Crippen molar-refractivity contribution in [3.63, 3.8) is 0 Å². The van der Waals surface area contributed by atoms with Gasteiger partial charge in [-0.05, 0) is 75.4 Å². The van der Waals surface area contributed by atoms with E-state index in [0.29, 0.717) is 53.7 Å². The number of benzene rings is 1. The van der Waals surface area contributed by atoms with Crippen LogP contribution in [0.4, 0.5) is 0 Å². The largest absolute Gasteiger partial charge is 0.352 e. The molecule has 2 N–H and O–H groups in total. The molecule has 0 saturated carbocycles. The average Bonchev–Trinajstić information content (AvgIpc) is 3.21. The Morgan fingerprint density at radius 1 is 1.12 bits per heavy atom. The standard InChI is InChI=1S/C24H30N4O3S/c29-21-8-4-13-27(21)14-5-15-28-23(31)19-10-9-18(16-20(19)26-24(28)32)22(30)25-12-11-17-6-2-1-3-7-17/h6,9-10,16H,1-5,7-8,11-15H2,(H,25,30)(H,26,32). The van der Waals surface area contributed by atoms with Gasteiger partial charge in [-0.3, -0.25) is 19.0 Å². The smallest absolute Gasteiger partial charge is 0.262 e. The lowest BCUT2D eigenvalue weighted by atomic mass is 9.97. The first-order valence-corrected chi connectivity index (χ1v) is 11.9. The maximum Gasteiger partial charge on any atom is 0.262 e. The van der Waals surface area contributed by atoms with E-state index in [4.69, 9.17) is 12.2 Å². The lowest BCUT2D eigenvalue weighted by molar-refractivity contribution is -0.127. The molecule has 1 fully saturated rings. The summed E-state index contributed by atoms with van der Waals surface area (Å²) in [5.41, 5.74) is 2.32. The number of fused-ring (bicyclic) bond motifs is 1. The Hall–Kier alpha value is -2.74. The van der Waals surface area contributed by atoms with E-state index in [1.807, 2.05) is 4.90 Å². The quantitative estimate of drug-likeness (QED) is 0.470. The van der Waals surface area contributed by atoms with E-state index >= 15 is 0 Å². The van der Waals surface area contributed by atoms with Crippen molar-refractivity contribution in [1.29, 1.82) is 0 Å². The number of hydrogen-bond donors (Lipinski definition) is 2. The van der Waals surface area contributed by atoms with Crippen LogP contribution < -0.4 is 10.9 Å². The molecule has 0 spiro atoms. The third-order valence-corrected chi connectivity index (χ3v) is 6.66. The molecule has 4 rings (SSSR count). The third kappa shape index (κ3) is 5.18. The van der Waals surface area contributed by atoms with E-state index < -0.39 is 0 Å². The number of likely N-dealkylation sites (tertiary alicyclic amines) is 1. The SMILES string of the molecule is O=C(NCCC1=CCCCC1)c1ccc2c(=O)n(CCCN3CCCC3=O)c(=S)[nH]c2c1. The zero-order chi connectivity index (χ0) is 22.5. The minimum Gasteiger partial charge on any atom is -0.352 e. The maximum absolute atomic E-state index is 13.0. The molecule has 8 heteroatoms. The van der Waals surface area contributed by atoms with Gasteiger partial charge in [0.15, 0.2) is 4.77 Å². The first kappa shape index (κ1) is 22.5. The number of H-pyrrole nitrogens is 1. The van der Waals surface area contributed by atoms with Crippen LogP contribution in [0.5, 0.6) is 0 Å². The van der Waals surface area contributed by atoms with Crippen LogP contribution in [0.3, 0.4) is 0 Å². The Kier molecular flexibility index (Phi) is 7.19. The van der Waals surface area contributed by atoms with E-state index in [-0.39, 0.29) is 17.4 Å². The number of hydrogen-bond acceptors (Lipinski definition) is 4. The molecule has 1 aromatic heterocycles. The van der Waals surface area contributed by atoms with Crippen molar-refractivity contribution < 1.29 is 9.59 Å². The summed E-state index contributed by atoms with van der Waals surface area (Å²) in [5, 5.41) is 3.47. The highest BCUT2D eigenvalue weighted by atomic mass is 32.1. The fourth-order valence-electron chi connectivity index (χ4n) is 4.53. The first-order chi connectivity index (χ1) is 15.5. The zero-order valence-electron chi connectivity index (χ0n) is 18.3. The summed E-state index contributed by atoms with van der Waals surface area (Å²) in [6.07, 6.45) is 10.1. The number of rotatable bonds is 8. The van der Waals surface area contributed by atoms with Gasteiger partial charge in [0.05, 0.1) is 10.9 Å². The second-order valence-electron chi connectivity index (χ2n) is 8.60. The van der Waals surface area contributed by atoms with Gasteiger partial charge in [0.25, 0.3) is 11.5 Å². The molecule has 32 heavy (non-hydrogen) atoms. The molecule has 1 saturated heterocycles. The van der Waals surface area contributed by atoms with Gasteiger partial charge in [-0.1, -0.05) is 11.6 Å². The zero-order valence-corrected chi connectivity index (χ0v) is 19.1. The van der Waals surface area contributed by atoms with Crippen LogP contribution in [0.2, 0.25) is 0 Å². The van der Waals surface area contributed by atoms with Gasteiger partial charge in [-0.25, -0.2) is 0 Å². The molecule has 2 aliphatic rings. The Balaban J connectivity index is 1.41. The molecule has 0 bridgehead atoms. The van der Waals surface area contributed by atoms with Gasteiger partial charge in [0.1, 0.15) is 0 Å². The summed E-state index contributed by atoms with van der Waals surface area (Å²) < 4.78 is 1.87. The van der Waals surface area contributed by atoms with E-state index in [1.54, 1.807) is 18.2 Å². The second-order valence-corrected chi connectivity index (χ2v) is 8.99. The number of carbonyl (C=O) groups is 2. The fourth-order valence-corrected chi connectivity index (χ4v) is 4.81. The van der Waals surface area contributed by atoms with Crippen molar-refractivity contribution in [2.75, 3.05) is 19.6 Å². The Morgan fingerprint density at radius 3 is 2.75 bits per heavy atom. The van der Waals surface area contributed by atoms with Crippen molar-refractivity contribution in [1.82, 2.24) is 19.8 Å². The normalized spacial score (nSPS) is 16.4. The molecule has 2 amide bonds. The number of aromatic nitrogens is 2. The number of aromatic amines is 1. The van der Waals surface area contributed by atoms with Crippen molar-refractivity contribution in [3.05, 3.63) is 50.5 Å². The summed E-state index contributed by atoms with van der Waals surface area (Å²) in [5.74, 6) is 0.0318. The van der Waals surface area contributed by atoms with Gasteiger partial charge in [0.2, 0.25) is 5.91 Å².